The normalized spacial score (nSPS) is 25.1. The molecule has 1 aromatic rings. The Labute approximate surface area is 96.2 Å². The van der Waals surface area contributed by atoms with E-state index in [0.29, 0.717) is 18.6 Å². The van der Waals surface area contributed by atoms with Crippen LogP contribution in [-0.2, 0) is 11.2 Å². The molecular weight excluding hydrogens is 204 g/mol. The topological polar surface area (TPSA) is 61.3 Å². The van der Waals surface area contributed by atoms with E-state index in [1.165, 1.54) is 0 Å². The molecule has 4 nitrogen and oxygen atoms in total. The summed E-state index contributed by atoms with van der Waals surface area (Å²) >= 11 is 0. The van der Waals surface area contributed by atoms with Crippen LogP contribution in [0.25, 0.3) is 0 Å². The van der Waals surface area contributed by atoms with E-state index < -0.39 is 0 Å². The van der Waals surface area contributed by atoms with Crippen LogP contribution in [0.2, 0.25) is 0 Å². The fourth-order valence-corrected chi connectivity index (χ4v) is 2.24. The minimum atomic E-state index is 0.301. The van der Waals surface area contributed by atoms with Crippen molar-refractivity contribution >= 4 is 0 Å². The maximum Gasteiger partial charge on any atom is 0.194 e. The minimum absolute atomic E-state index is 0.301. The summed E-state index contributed by atoms with van der Waals surface area (Å²) in [5.74, 6) is 2.18. The Hall–Kier alpha value is -0.870. The van der Waals surface area contributed by atoms with Crippen molar-refractivity contribution in [3.8, 4) is 0 Å². The predicted octanol–water partition coefficient (Wildman–Crippen LogP) is 1.85. The van der Waals surface area contributed by atoms with E-state index in [2.05, 4.69) is 11.9 Å². The number of hydrogen-bond acceptors (Lipinski definition) is 4. The Morgan fingerprint density at radius 2 is 2.44 bits per heavy atom. The van der Waals surface area contributed by atoms with E-state index in [1.807, 2.05) is 6.20 Å². The van der Waals surface area contributed by atoms with E-state index in [9.17, 15) is 0 Å². The fourth-order valence-electron chi connectivity index (χ4n) is 2.24. The second-order valence-corrected chi connectivity index (χ2v) is 4.26. The number of nitrogens with two attached hydrogens (primary N) is 1. The standard InChI is InChI=1S/C12H20N2O2/c1-2-10-9(5-7-15-10)11-8-14-12(16-11)4-3-6-13/h8-10H,2-7,13H2,1H3. The Morgan fingerprint density at radius 1 is 1.56 bits per heavy atom. The maximum atomic E-state index is 5.76. The zero-order valence-electron chi connectivity index (χ0n) is 9.82. The Balaban J connectivity index is 2.00. The molecule has 2 heterocycles. The molecule has 2 unspecified atom stereocenters. The summed E-state index contributed by atoms with van der Waals surface area (Å²) in [5.41, 5.74) is 5.46. The molecule has 0 aliphatic carbocycles. The third-order valence-corrected chi connectivity index (χ3v) is 3.14. The molecule has 0 saturated carbocycles. The number of hydrogen-bond donors (Lipinski definition) is 1. The van der Waals surface area contributed by atoms with Gasteiger partial charge in [0.05, 0.1) is 12.3 Å². The molecule has 90 valence electrons. The molecule has 0 spiro atoms. The Bertz CT molecular complexity index is 325. The lowest BCUT2D eigenvalue weighted by Gasteiger charge is -2.13. The number of rotatable bonds is 5. The Morgan fingerprint density at radius 3 is 3.19 bits per heavy atom. The molecule has 1 aliphatic heterocycles. The highest BCUT2D eigenvalue weighted by atomic mass is 16.5. The van der Waals surface area contributed by atoms with Crippen LogP contribution in [0.4, 0.5) is 0 Å². The van der Waals surface area contributed by atoms with Crippen molar-refractivity contribution < 1.29 is 9.15 Å². The second-order valence-electron chi connectivity index (χ2n) is 4.26. The molecule has 16 heavy (non-hydrogen) atoms. The molecule has 2 rings (SSSR count). The first-order valence-electron chi connectivity index (χ1n) is 6.11. The smallest absolute Gasteiger partial charge is 0.194 e. The van der Waals surface area contributed by atoms with E-state index in [4.69, 9.17) is 14.9 Å². The first-order valence-corrected chi connectivity index (χ1v) is 6.11. The van der Waals surface area contributed by atoms with Crippen LogP contribution in [0.3, 0.4) is 0 Å². The summed E-state index contributed by atoms with van der Waals surface area (Å²) in [6.45, 7) is 3.67. The highest BCUT2D eigenvalue weighted by molar-refractivity contribution is 5.06. The van der Waals surface area contributed by atoms with E-state index in [0.717, 1.165) is 43.9 Å². The molecular formula is C12H20N2O2. The number of aromatic nitrogens is 1. The van der Waals surface area contributed by atoms with Crippen molar-refractivity contribution in [2.75, 3.05) is 13.2 Å². The molecule has 0 bridgehead atoms. The van der Waals surface area contributed by atoms with Crippen LogP contribution < -0.4 is 5.73 Å². The van der Waals surface area contributed by atoms with Gasteiger partial charge in [-0.15, -0.1) is 0 Å². The van der Waals surface area contributed by atoms with Gasteiger partial charge in [0.15, 0.2) is 5.89 Å². The van der Waals surface area contributed by atoms with Gasteiger partial charge in [-0.3, -0.25) is 0 Å². The molecule has 0 aromatic carbocycles. The van der Waals surface area contributed by atoms with Gasteiger partial charge in [0.2, 0.25) is 0 Å². The van der Waals surface area contributed by atoms with Crippen LogP contribution in [0.1, 0.15) is 43.8 Å². The zero-order chi connectivity index (χ0) is 11.4. The van der Waals surface area contributed by atoms with Gasteiger partial charge >= 0.3 is 0 Å². The first kappa shape index (κ1) is 11.6. The number of oxazole rings is 1. The van der Waals surface area contributed by atoms with Gasteiger partial charge in [-0.05, 0) is 25.8 Å². The summed E-state index contributed by atoms with van der Waals surface area (Å²) in [6.07, 6.45) is 6.00. The van der Waals surface area contributed by atoms with Crippen LogP contribution in [-0.4, -0.2) is 24.2 Å². The molecule has 2 N–H and O–H groups in total. The van der Waals surface area contributed by atoms with Gasteiger partial charge < -0.3 is 14.9 Å². The monoisotopic (exact) mass is 224 g/mol. The van der Waals surface area contributed by atoms with Crippen molar-refractivity contribution in [1.29, 1.82) is 0 Å². The van der Waals surface area contributed by atoms with Crippen molar-refractivity contribution in [3.63, 3.8) is 0 Å². The molecule has 1 aliphatic rings. The lowest BCUT2D eigenvalue weighted by atomic mass is 9.97. The molecule has 1 saturated heterocycles. The van der Waals surface area contributed by atoms with Gasteiger partial charge in [-0.25, -0.2) is 4.98 Å². The SMILES string of the molecule is CCC1OCCC1c1cnc(CCCN)o1. The summed E-state index contributed by atoms with van der Waals surface area (Å²) in [5, 5.41) is 0. The summed E-state index contributed by atoms with van der Waals surface area (Å²) < 4.78 is 11.4. The average Bonchev–Trinajstić information content (AvgIpc) is 2.94. The molecule has 0 radical (unpaired) electrons. The van der Waals surface area contributed by atoms with Crippen molar-refractivity contribution in [3.05, 3.63) is 17.8 Å². The third kappa shape index (κ3) is 2.44. The van der Waals surface area contributed by atoms with Gasteiger partial charge in [0, 0.05) is 18.9 Å². The summed E-state index contributed by atoms with van der Waals surface area (Å²) in [6, 6.07) is 0. The zero-order valence-corrected chi connectivity index (χ0v) is 9.82. The Kier molecular flexibility index (Phi) is 3.96. The third-order valence-electron chi connectivity index (χ3n) is 3.14. The molecule has 0 amide bonds. The quantitative estimate of drug-likeness (QED) is 0.829. The van der Waals surface area contributed by atoms with Crippen molar-refractivity contribution in [2.45, 2.75) is 44.6 Å². The predicted molar refractivity (Wildman–Crippen MR) is 61.3 cm³/mol. The summed E-state index contributed by atoms with van der Waals surface area (Å²) in [4.78, 5) is 4.29. The van der Waals surface area contributed by atoms with Crippen LogP contribution in [0.15, 0.2) is 10.6 Å². The number of aryl methyl sites for hydroxylation is 1. The molecule has 4 heteroatoms. The van der Waals surface area contributed by atoms with E-state index in [-0.39, 0.29) is 0 Å². The lowest BCUT2D eigenvalue weighted by Crippen LogP contribution is -2.12. The van der Waals surface area contributed by atoms with Gasteiger partial charge in [-0.1, -0.05) is 6.92 Å². The minimum Gasteiger partial charge on any atom is -0.445 e. The lowest BCUT2D eigenvalue weighted by molar-refractivity contribution is 0.0971. The van der Waals surface area contributed by atoms with Gasteiger partial charge in [-0.2, -0.15) is 0 Å². The van der Waals surface area contributed by atoms with E-state index in [1.54, 1.807) is 0 Å². The van der Waals surface area contributed by atoms with Crippen LogP contribution in [0, 0.1) is 0 Å². The second kappa shape index (κ2) is 5.46. The maximum absolute atomic E-state index is 5.76. The molecule has 1 fully saturated rings. The van der Waals surface area contributed by atoms with Gasteiger partial charge in [0.25, 0.3) is 0 Å². The molecule has 2 atom stereocenters. The van der Waals surface area contributed by atoms with Gasteiger partial charge in [0.1, 0.15) is 5.76 Å². The number of nitrogens with zero attached hydrogens (tertiary/aromatic N) is 1. The van der Waals surface area contributed by atoms with Crippen LogP contribution in [0.5, 0.6) is 0 Å². The van der Waals surface area contributed by atoms with Crippen molar-refractivity contribution in [1.82, 2.24) is 4.98 Å². The van der Waals surface area contributed by atoms with Crippen LogP contribution >= 0.6 is 0 Å². The highest BCUT2D eigenvalue weighted by Gasteiger charge is 2.30. The summed E-state index contributed by atoms with van der Waals surface area (Å²) in [7, 11) is 0. The molecule has 1 aromatic heterocycles. The van der Waals surface area contributed by atoms with Crippen molar-refractivity contribution in [2.24, 2.45) is 5.73 Å². The highest BCUT2D eigenvalue weighted by Crippen LogP contribution is 2.33. The average molecular weight is 224 g/mol. The largest absolute Gasteiger partial charge is 0.445 e. The fraction of sp³-hybridized carbons (Fsp3) is 0.750. The van der Waals surface area contributed by atoms with E-state index >= 15 is 0 Å². The number of ether oxygens (including phenoxy) is 1. The first-order chi connectivity index (χ1) is 7.85.